The summed E-state index contributed by atoms with van der Waals surface area (Å²) in [6.45, 7) is 2.81. The monoisotopic (exact) mass is 258 g/mol. The first-order valence-electron chi connectivity index (χ1n) is 5.93. The first kappa shape index (κ1) is 14.4. The number of nitrogens with one attached hydrogen (secondary N) is 1. The molecule has 1 aromatic rings. The highest BCUT2D eigenvalue weighted by Crippen LogP contribution is 2.20. The lowest BCUT2D eigenvalue weighted by Crippen LogP contribution is -2.36. The van der Waals surface area contributed by atoms with Crippen LogP contribution in [0.1, 0.15) is 18.4 Å². The van der Waals surface area contributed by atoms with Crippen LogP contribution in [0.15, 0.2) is 24.3 Å². The Labute approximate surface area is 109 Å². The summed E-state index contributed by atoms with van der Waals surface area (Å²) in [5, 5.41) is 3.20. The van der Waals surface area contributed by atoms with Crippen molar-refractivity contribution in [2.75, 3.05) is 20.1 Å². The van der Waals surface area contributed by atoms with E-state index >= 15 is 0 Å². The van der Waals surface area contributed by atoms with Crippen molar-refractivity contribution in [3.05, 3.63) is 35.6 Å². The molecule has 1 saturated heterocycles. The minimum atomic E-state index is -0.0855. The Hall–Kier alpha value is -0.640. The summed E-state index contributed by atoms with van der Waals surface area (Å²) in [5.41, 5.74) is 0.811. The quantitative estimate of drug-likeness (QED) is 0.893. The van der Waals surface area contributed by atoms with E-state index in [0.717, 1.165) is 25.2 Å². The van der Waals surface area contributed by atoms with Crippen molar-refractivity contribution < 1.29 is 4.39 Å². The average molecular weight is 259 g/mol. The van der Waals surface area contributed by atoms with Crippen LogP contribution in [0.3, 0.4) is 0 Å². The van der Waals surface area contributed by atoms with E-state index in [9.17, 15) is 4.39 Å². The van der Waals surface area contributed by atoms with Crippen molar-refractivity contribution in [1.29, 1.82) is 0 Å². The number of likely N-dealkylation sites (N-methyl/N-ethyl adjacent to an activating group) is 1. The molecule has 1 aromatic carbocycles. The van der Waals surface area contributed by atoms with E-state index in [2.05, 4.69) is 10.2 Å². The Morgan fingerprint density at radius 2 is 2.18 bits per heavy atom. The highest BCUT2D eigenvalue weighted by atomic mass is 35.5. The van der Waals surface area contributed by atoms with Gasteiger partial charge in [0.25, 0.3) is 0 Å². The van der Waals surface area contributed by atoms with Gasteiger partial charge in [-0.25, -0.2) is 4.39 Å². The fourth-order valence-electron chi connectivity index (χ4n) is 2.42. The second kappa shape index (κ2) is 6.94. The minimum absolute atomic E-state index is 0. The number of likely N-dealkylation sites (tertiary alicyclic amines) is 1. The zero-order valence-electron chi connectivity index (χ0n) is 10.2. The zero-order chi connectivity index (χ0) is 11.4. The molecule has 1 N–H and O–H groups in total. The van der Waals surface area contributed by atoms with E-state index in [1.165, 1.54) is 12.8 Å². The average Bonchev–Trinajstić information content (AvgIpc) is 2.70. The van der Waals surface area contributed by atoms with E-state index in [1.54, 1.807) is 12.1 Å². The molecule has 2 rings (SSSR count). The summed E-state index contributed by atoms with van der Waals surface area (Å²) in [6.07, 6.45) is 2.44. The summed E-state index contributed by atoms with van der Waals surface area (Å²) in [7, 11) is 1.97. The van der Waals surface area contributed by atoms with Crippen LogP contribution in [-0.4, -0.2) is 31.1 Å². The number of nitrogens with zero attached hydrogens (tertiary/aromatic N) is 1. The first-order chi connectivity index (χ1) is 7.81. The molecule has 1 heterocycles. The Balaban J connectivity index is 0.00000144. The molecular weight excluding hydrogens is 239 g/mol. The molecule has 0 saturated carbocycles. The molecule has 1 aliphatic heterocycles. The van der Waals surface area contributed by atoms with Gasteiger partial charge in [0.2, 0.25) is 0 Å². The molecule has 0 amide bonds. The number of hydrogen-bond acceptors (Lipinski definition) is 2. The summed E-state index contributed by atoms with van der Waals surface area (Å²) >= 11 is 0. The van der Waals surface area contributed by atoms with Crippen LogP contribution in [-0.2, 0) is 6.54 Å². The summed E-state index contributed by atoms with van der Waals surface area (Å²) in [4.78, 5) is 2.37. The Kier molecular flexibility index (Phi) is 5.89. The fourth-order valence-corrected chi connectivity index (χ4v) is 2.42. The van der Waals surface area contributed by atoms with Crippen LogP contribution < -0.4 is 5.32 Å². The smallest absolute Gasteiger partial charge is 0.127 e. The van der Waals surface area contributed by atoms with Crippen LogP contribution in [0, 0.1) is 5.82 Å². The molecule has 1 unspecified atom stereocenters. The molecule has 96 valence electrons. The van der Waals surface area contributed by atoms with Gasteiger partial charge in [0, 0.05) is 24.7 Å². The molecule has 1 atom stereocenters. The molecule has 0 spiro atoms. The highest BCUT2D eigenvalue weighted by Gasteiger charge is 2.24. The van der Waals surface area contributed by atoms with Crippen molar-refractivity contribution in [1.82, 2.24) is 10.2 Å². The van der Waals surface area contributed by atoms with Gasteiger partial charge >= 0.3 is 0 Å². The van der Waals surface area contributed by atoms with Gasteiger partial charge in [0.05, 0.1) is 0 Å². The van der Waals surface area contributed by atoms with E-state index in [0.29, 0.717) is 6.04 Å². The third-order valence-electron chi connectivity index (χ3n) is 3.27. The van der Waals surface area contributed by atoms with Gasteiger partial charge in [-0.05, 0) is 32.5 Å². The standard InChI is InChI=1S/C13H19FN2.ClH/c1-15-9-12-6-4-8-16(12)10-11-5-2-3-7-13(11)14;/h2-3,5,7,12,15H,4,6,8-10H2,1H3;1H. The molecule has 1 aliphatic rings. The van der Waals surface area contributed by atoms with Crippen molar-refractivity contribution in [3.63, 3.8) is 0 Å². The van der Waals surface area contributed by atoms with Crippen LogP contribution >= 0.6 is 12.4 Å². The lowest BCUT2D eigenvalue weighted by atomic mass is 10.1. The minimum Gasteiger partial charge on any atom is -0.318 e. The van der Waals surface area contributed by atoms with Gasteiger partial charge in [-0.3, -0.25) is 4.90 Å². The van der Waals surface area contributed by atoms with Crippen molar-refractivity contribution in [2.24, 2.45) is 0 Å². The van der Waals surface area contributed by atoms with E-state index in [1.807, 2.05) is 19.2 Å². The molecular formula is C13H20ClFN2. The molecule has 0 bridgehead atoms. The van der Waals surface area contributed by atoms with E-state index in [-0.39, 0.29) is 18.2 Å². The second-order valence-corrected chi connectivity index (χ2v) is 4.42. The van der Waals surface area contributed by atoms with Crippen molar-refractivity contribution >= 4 is 12.4 Å². The second-order valence-electron chi connectivity index (χ2n) is 4.42. The highest BCUT2D eigenvalue weighted by molar-refractivity contribution is 5.85. The van der Waals surface area contributed by atoms with Gasteiger partial charge in [-0.15, -0.1) is 12.4 Å². The van der Waals surface area contributed by atoms with Gasteiger partial charge < -0.3 is 5.32 Å². The predicted octanol–water partition coefficient (Wildman–Crippen LogP) is 2.43. The van der Waals surface area contributed by atoms with Gasteiger partial charge in [0.1, 0.15) is 5.82 Å². The molecule has 4 heteroatoms. The van der Waals surface area contributed by atoms with E-state index < -0.39 is 0 Å². The number of halogens is 2. The molecule has 17 heavy (non-hydrogen) atoms. The maximum Gasteiger partial charge on any atom is 0.127 e. The SMILES string of the molecule is CNCC1CCCN1Cc1ccccc1F.Cl. The molecule has 0 aliphatic carbocycles. The fraction of sp³-hybridized carbons (Fsp3) is 0.538. The maximum absolute atomic E-state index is 13.5. The molecule has 1 fully saturated rings. The van der Waals surface area contributed by atoms with Gasteiger partial charge in [-0.2, -0.15) is 0 Å². The topological polar surface area (TPSA) is 15.3 Å². The lowest BCUT2D eigenvalue weighted by molar-refractivity contribution is 0.239. The van der Waals surface area contributed by atoms with Crippen LogP contribution in [0.2, 0.25) is 0 Å². The van der Waals surface area contributed by atoms with Crippen LogP contribution in [0.4, 0.5) is 4.39 Å². The third kappa shape index (κ3) is 3.66. The Morgan fingerprint density at radius 3 is 2.88 bits per heavy atom. The van der Waals surface area contributed by atoms with Crippen LogP contribution in [0.25, 0.3) is 0 Å². The lowest BCUT2D eigenvalue weighted by Gasteiger charge is -2.24. The van der Waals surface area contributed by atoms with Crippen molar-refractivity contribution in [2.45, 2.75) is 25.4 Å². The molecule has 2 nitrogen and oxygen atoms in total. The van der Waals surface area contributed by atoms with Gasteiger partial charge in [0.15, 0.2) is 0 Å². The first-order valence-corrected chi connectivity index (χ1v) is 5.93. The summed E-state index contributed by atoms with van der Waals surface area (Å²) in [5.74, 6) is -0.0855. The third-order valence-corrected chi connectivity index (χ3v) is 3.27. The van der Waals surface area contributed by atoms with E-state index in [4.69, 9.17) is 0 Å². The summed E-state index contributed by atoms with van der Waals surface area (Å²) in [6, 6.07) is 7.63. The van der Waals surface area contributed by atoms with Crippen LogP contribution in [0.5, 0.6) is 0 Å². The Bertz CT molecular complexity index is 346. The normalized spacial score (nSPS) is 20.2. The Morgan fingerprint density at radius 1 is 1.41 bits per heavy atom. The molecule has 0 aromatic heterocycles. The largest absolute Gasteiger partial charge is 0.318 e. The zero-order valence-corrected chi connectivity index (χ0v) is 11.0. The number of rotatable bonds is 4. The predicted molar refractivity (Wildman–Crippen MR) is 71.0 cm³/mol. The van der Waals surface area contributed by atoms with Crippen molar-refractivity contribution in [3.8, 4) is 0 Å². The van der Waals surface area contributed by atoms with Gasteiger partial charge in [-0.1, -0.05) is 18.2 Å². The maximum atomic E-state index is 13.5. The summed E-state index contributed by atoms with van der Waals surface area (Å²) < 4.78 is 13.5. The molecule has 0 radical (unpaired) electrons. The number of benzene rings is 1. The number of hydrogen-bond donors (Lipinski definition) is 1.